The van der Waals surface area contributed by atoms with E-state index < -0.39 is 0 Å². The fourth-order valence-electron chi connectivity index (χ4n) is 2.23. The summed E-state index contributed by atoms with van der Waals surface area (Å²) in [4.78, 5) is 0. The molecule has 5 heteroatoms. The van der Waals surface area contributed by atoms with Crippen molar-refractivity contribution in [1.82, 2.24) is 15.2 Å². The fourth-order valence-corrected chi connectivity index (χ4v) is 2.52. The summed E-state index contributed by atoms with van der Waals surface area (Å²) in [7, 11) is 1.89. The Morgan fingerprint density at radius 1 is 1.73 bits per heavy atom. The first-order chi connectivity index (χ1) is 6.97. The van der Waals surface area contributed by atoms with Crippen molar-refractivity contribution in [1.29, 1.82) is 0 Å². The normalized spacial score (nSPS) is 25.3. The monoisotopic (exact) mass is 228 g/mol. The van der Waals surface area contributed by atoms with Crippen LogP contribution in [0.4, 0.5) is 0 Å². The molecule has 0 aliphatic heterocycles. The summed E-state index contributed by atoms with van der Waals surface area (Å²) in [6.07, 6.45) is 2.83. The molecule has 1 saturated carbocycles. The van der Waals surface area contributed by atoms with E-state index in [1.54, 1.807) is 10.9 Å². The maximum Gasteiger partial charge on any atom is 0.0834 e. The molecule has 2 unspecified atom stereocenters. The maximum absolute atomic E-state index is 6.10. The van der Waals surface area contributed by atoms with E-state index in [1.165, 1.54) is 6.42 Å². The summed E-state index contributed by atoms with van der Waals surface area (Å²) in [5.41, 5.74) is 4.19. The minimum Gasteiger partial charge on any atom is -0.271 e. The molecule has 3 N–H and O–H groups in total. The van der Waals surface area contributed by atoms with Gasteiger partial charge in [-0.2, -0.15) is 5.10 Å². The number of hydrazine groups is 1. The molecule has 1 aromatic rings. The molecule has 84 valence electrons. The summed E-state index contributed by atoms with van der Waals surface area (Å²) >= 11 is 6.10. The Labute approximate surface area is 94.8 Å². The van der Waals surface area contributed by atoms with Crippen molar-refractivity contribution in [2.45, 2.75) is 26.3 Å². The van der Waals surface area contributed by atoms with Gasteiger partial charge in [0, 0.05) is 7.05 Å². The largest absolute Gasteiger partial charge is 0.271 e. The highest BCUT2D eigenvalue weighted by Gasteiger charge is 2.51. The minimum atomic E-state index is 0.0972. The first-order valence-electron chi connectivity index (χ1n) is 5.11. The number of aryl methyl sites for hydroxylation is 1. The van der Waals surface area contributed by atoms with Crippen LogP contribution in [0, 0.1) is 11.3 Å². The van der Waals surface area contributed by atoms with Gasteiger partial charge in [0.15, 0.2) is 0 Å². The minimum absolute atomic E-state index is 0.0972. The zero-order valence-corrected chi connectivity index (χ0v) is 10.0. The van der Waals surface area contributed by atoms with Gasteiger partial charge in [-0.15, -0.1) is 0 Å². The van der Waals surface area contributed by atoms with Crippen LogP contribution in [0.25, 0.3) is 0 Å². The third-order valence-electron chi connectivity index (χ3n) is 3.40. The van der Waals surface area contributed by atoms with E-state index >= 15 is 0 Å². The second-order valence-corrected chi connectivity index (χ2v) is 5.35. The SMILES string of the molecule is Cn1ncc(Cl)c1C(NN)C1CC1(C)C. The van der Waals surface area contributed by atoms with E-state index in [-0.39, 0.29) is 6.04 Å². The number of nitrogens with one attached hydrogen (secondary N) is 1. The molecule has 0 bridgehead atoms. The van der Waals surface area contributed by atoms with Crippen LogP contribution in [0.15, 0.2) is 6.20 Å². The topological polar surface area (TPSA) is 55.9 Å². The molecule has 1 aromatic heterocycles. The van der Waals surface area contributed by atoms with Crippen molar-refractivity contribution in [2.75, 3.05) is 0 Å². The van der Waals surface area contributed by atoms with Gasteiger partial charge in [-0.05, 0) is 17.8 Å². The lowest BCUT2D eigenvalue weighted by Gasteiger charge is -2.18. The molecule has 4 nitrogen and oxygen atoms in total. The highest BCUT2D eigenvalue weighted by molar-refractivity contribution is 6.31. The van der Waals surface area contributed by atoms with Crippen LogP contribution in [0.5, 0.6) is 0 Å². The predicted molar refractivity (Wildman–Crippen MR) is 60.2 cm³/mol. The Kier molecular flexibility index (Phi) is 2.53. The summed E-state index contributed by atoms with van der Waals surface area (Å²) in [5.74, 6) is 6.15. The molecule has 2 atom stereocenters. The molecule has 1 heterocycles. The van der Waals surface area contributed by atoms with E-state index in [0.717, 1.165) is 5.69 Å². The zero-order valence-electron chi connectivity index (χ0n) is 9.29. The molecule has 1 aliphatic carbocycles. The summed E-state index contributed by atoms with van der Waals surface area (Å²) < 4.78 is 1.79. The van der Waals surface area contributed by atoms with Gasteiger partial charge >= 0.3 is 0 Å². The Bertz CT molecular complexity index is 352. The molecular formula is C10H17ClN4. The summed E-state index contributed by atoms with van der Waals surface area (Å²) in [5, 5.41) is 4.82. The third-order valence-corrected chi connectivity index (χ3v) is 3.70. The van der Waals surface area contributed by atoms with Crippen LogP contribution < -0.4 is 11.3 Å². The number of nitrogens with zero attached hydrogens (tertiary/aromatic N) is 2. The second kappa shape index (κ2) is 3.47. The molecule has 15 heavy (non-hydrogen) atoms. The number of hydrogen-bond acceptors (Lipinski definition) is 3. The van der Waals surface area contributed by atoms with Gasteiger partial charge in [0.05, 0.1) is 23.0 Å². The maximum atomic E-state index is 6.10. The Morgan fingerprint density at radius 2 is 2.33 bits per heavy atom. The smallest absolute Gasteiger partial charge is 0.0834 e. The van der Waals surface area contributed by atoms with E-state index in [9.17, 15) is 0 Å². The van der Waals surface area contributed by atoms with Crippen LogP contribution in [0.2, 0.25) is 5.02 Å². The van der Waals surface area contributed by atoms with Crippen LogP contribution in [-0.2, 0) is 7.05 Å². The van der Waals surface area contributed by atoms with Crippen molar-refractivity contribution in [3.8, 4) is 0 Å². The fraction of sp³-hybridized carbons (Fsp3) is 0.700. The van der Waals surface area contributed by atoms with Crippen molar-refractivity contribution in [3.05, 3.63) is 16.9 Å². The first kappa shape index (κ1) is 10.9. The molecule has 0 spiro atoms. The third kappa shape index (κ3) is 1.77. The van der Waals surface area contributed by atoms with Gasteiger partial charge < -0.3 is 0 Å². The molecule has 0 amide bonds. The standard InChI is InChI=1S/C10H17ClN4/c1-10(2)4-6(10)8(14-12)9-7(11)5-13-15(9)3/h5-6,8,14H,4,12H2,1-3H3. The highest BCUT2D eigenvalue weighted by atomic mass is 35.5. The van der Waals surface area contributed by atoms with Crippen LogP contribution >= 0.6 is 11.6 Å². The Hall–Kier alpha value is -0.580. The van der Waals surface area contributed by atoms with Crippen molar-refractivity contribution in [2.24, 2.45) is 24.2 Å². The number of rotatable bonds is 3. The predicted octanol–water partition coefficient (Wildman–Crippen LogP) is 1.62. The lowest BCUT2D eigenvalue weighted by Crippen LogP contribution is -2.32. The average molecular weight is 229 g/mol. The zero-order chi connectivity index (χ0) is 11.2. The van der Waals surface area contributed by atoms with Gasteiger partial charge in [0.25, 0.3) is 0 Å². The number of aromatic nitrogens is 2. The van der Waals surface area contributed by atoms with Gasteiger partial charge in [-0.25, -0.2) is 0 Å². The molecule has 0 aromatic carbocycles. The van der Waals surface area contributed by atoms with Gasteiger partial charge in [0.1, 0.15) is 0 Å². The van der Waals surface area contributed by atoms with Crippen molar-refractivity contribution in [3.63, 3.8) is 0 Å². The molecule has 0 radical (unpaired) electrons. The van der Waals surface area contributed by atoms with E-state index in [0.29, 0.717) is 16.4 Å². The van der Waals surface area contributed by atoms with E-state index in [4.69, 9.17) is 17.4 Å². The van der Waals surface area contributed by atoms with E-state index in [2.05, 4.69) is 24.4 Å². The summed E-state index contributed by atoms with van der Waals surface area (Å²) in [6.45, 7) is 4.48. The Morgan fingerprint density at radius 3 is 2.67 bits per heavy atom. The highest BCUT2D eigenvalue weighted by Crippen LogP contribution is 2.57. The van der Waals surface area contributed by atoms with Crippen molar-refractivity contribution < 1.29 is 0 Å². The van der Waals surface area contributed by atoms with Gasteiger partial charge in [-0.1, -0.05) is 25.4 Å². The second-order valence-electron chi connectivity index (χ2n) is 4.94. The van der Waals surface area contributed by atoms with Crippen LogP contribution in [0.1, 0.15) is 32.0 Å². The molecule has 0 saturated heterocycles. The quantitative estimate of drug-likeness (QED) is 0.611. The number of hydrogen-bond donors (Lipinski definition) is 2. The van der Waals surface area contributed by atoms with Gasteiger partial charge in [0.2, 0.25) is 0 Å². The van der Waals surface area contributed by atoms with E-state index in [1.807, 2.05) is 7.05 Å². The lowest BCUT2D eigenvalue weighted by atomic mass is 10.0. The Balaban J connectivity index is 2.28. The first-order valence-corrected chi connectivity index (χ1v) is 5.48. The average Bonchev–Trinajstić information content (AvgIpc) is 2.66. The number of nitrogens with two attached hydrogens (primary N) is 1. The molecular weight excluding hydrogens is 212 g/mol. The van der Waals surface area contributed by atoms with Crippen molar-refractivity contribution >= 4 is 11.6 Å². The van der Waals surface area contributed by atoms with Gasteiger partial charge in [-0.3, -0.25) is 16.0 Å². The molecule has 1 fully saturated rings. The summed E-state index contributed by atoms with van der Waals surface area (Å²) in [6, 6.07) is 0.0972. The number of halogens is 1. The van der Waals surface area contributed by atoms with Crippen LogP contribution in [-0.4, -0.2) is 9.78 Å². The lowest BCUT2D eigenvalue weighted by molar-refractivity contribution is 0.403. The molecule has 2 rings (SSSR count). The molecule has 1 aliphatic rings. The van der Waals surface area contributed by atoms with Crippen LogP contribution in [0.3, 0.4) is 0 Å².